The fourth-order valence-corrected chi connectivity index (χ4v) is 2.62. The van der Waals surface area contributed by atoms with E-state index in [9.17, 15) is 5.11 Å². The number of phenols is 2. The van der Waals surface area contributed by atoms with Gasteiger partial charge in [0.1, 0.15) is 11.5 Å². The van der Waals surface area contributed by atoms with E-state index in [1.165, 1.54) is 32.1 Å². The van der Waals surface area contributed by atoms with E-state index in [1.807, 2.05) is 24.4 Å². The third kappa shape index (κ3) is 5.54. The Morgan fingerprint density at radius 3 is 1.88 bits per heavy atom. The Labute approximate surface area is 143 Å². The Morgan fingerprint density at radius 2 is 1.38 bits per heavy atom. The normalized spacial score (nSPS) is 14.8. The standard InChI is InChI=1S/C13H17NO.C7H7NO/c15-13-9-5-4-6-11(13)10-14-12-7-2-1-3-8-12;8-5-6-3-1-2-4-7(6)9/h4-6,9-10,12,15H,1-3,7-8H2;1-5,8-9H. The number of hydrogen-bond acceptors (Lipinski definition) is 4. The molecular weight excluding hydrogens is 300 g/mol. The highest BCUT2D eigenvalue weighted by molar-refractivity contribution is 5.83. The number of nitrogens with zero attached hydrogens (tertiary/aromatic N) is 1. The molecule has 0 saturated heterocycles. The number of aromatic hydroxyl groups is 2. The van der Waals surface area contributed by atoms with Crippen LogP contribution in [0.2, 0.25) is 0 Å². The summed E-state index contributed by atoms with van der Waals surface area (Å²) in [7, 11) is 0. The molecule has 2 aromatic carbocycles. The summed E-state index contributed by atoms with van der Waals surface area (Å²) in [5.41, 5.74) is 1.38. The van der Waals surface area contributed by atoms with Crippen molar-refractivity contribution in [3.05, 3.63) is 59.7 Å². The predicted octanol–water partition coefficient (Wildman–Crippen LogP) is 4.53. The molecule has 0 spiro atoms. The van der Waals surface area contributed by atoms with Crippen molar-refractivity contribution in [3.8, 4) is 11.5 Å². The maximum atomic E-state index is 9.55. The van der Waals surface area contributed by atoms with Crippen molar-refractivity contribution in [2.24, 2.45) is 4.99 Å². The van der Waals surface area contributed by atoms with Crippen LogP contribution in [0.25, 0.3) is 0 Å². The minimum atomic E-state index is 0.160. The van der Waals surface area contributed by atoms with Gasteiger partial charge in [-0.05, 0) is 37.1 Å². The topological polar surface area (TPSA) is 76.7 Å². The minimum absolute atomic E-state index is 0.160. The highest BCUT2D eigenvalue weighted by Gasteiger charge is 2.10. The van der Waals surface area contributed by atoms with E-state index in [0.717, 1.165) is 11.8 Å². The van der Waals surface area contributed by atoms with Gasteiger partial charge in [0.05, 0.1) is 0 Å². The molecule has 3 N–H and O–H groups in total. The van der Waals surface area contributed by atoms with Crippen LogP contribution in [0.5, 0.6) is 11.5 Å². The fraction of sp³-hybridized carbons (Fsp3) is 0.300. The van der Waals surface area contributed by atoms with Gasteiger partial charge in [0.15, 0.2) is 0 Å². The summed E-state index contributed by atoms with van der Waals surface area (Å²) < 4.78 is 0. The molecule has 126 valence electrons. The van der Waals surface area contributed by atoms with Crippen LogP contribution in [0.4, 0.5) is 0 Å². The molecule has 0 amide bonds. The second-order valence-corrected chi connectivity index (χ2v) is 5.83. The quantitative estimate of drug-likeness (QED) is 0.725. The predicted molar refractivity (Wildman–Crippen MR) is 98.6 cm³/mol. The summed E-state index contributed by atoms with van der Waals surface area (Å²) in [6.45, 7) is 0. The first-order valence-corrected chi connectivity index (χ1v) is 8.30. The minimum Gasteiger partial charge on any atom is -0.507 e. The zero-order chi connectivity index (χ0) is 17.2. The fourth-order valence-electron chi connectivity index (χ4n) is 2.62. The van der Waals surface area contributed by atoms with Crippen molar-refractivity contribution < 1.29 is 10.2 Å². The van der Waals surface area contributed by atoms with Crippen LogP contribution in [0, 0.1) is 5.41 Å². The summed E-state index contributed by atoms with van der Waals surface area (Å²) >= 11 is 0. The molecule has 0 unspecified atom stereocenters. The van der Waals surface area contributed by atoms with E-state index in [-0.39, 0.29) is 5.75 Å². The second-order valence-electron chi connectivity index (χ2n) is 5.83. The zero-order valence-corrected chi connectivity index (χ0v) is 13.7. The van der Waals surface area contributed by atoms with Crippen molar-refractivity contribution in [2.45, 2.75) is 38.1 Å². The SMILES string of the molecule is N=Cc1ccccc1O.Oc1ccccc1C=NC1CCCCC1. The van der Waals surface area contributed by atoms with Crippen molar-refractivity contribution in [1.29, 1.82) is 5.41 Å². The van der Waals surface area contributed by atoms with Gasteiger partial charge in [-0.1, -0.05) is 43.5 Å². The number of nitrogens with one attached hydrogen (secondary N) is 1. The average Bonchev–Trinajstić information content (AvgIpc) is 2.63. The third-order valence-electron chi connectivity index (χ3n) is 4.03. The molecule has 0 aliphatic heterocycles. The highest BCUT2D eigenvalue weighted by Crippen LogP contribution is 2.21. The largest absolute Gasteiger partial charge is 0.507 e. The maximum Gasteiger partial charge on any atom is 0.124 e. The summed E-state index contributed by atoms with van der Waals surface area (Å²) in [4.78, 5) is 4.53. The van der Waals surface area contributed by atoms with Gasteiger partial charge in [-0.2, -0.15) is 0 Å². The first kappa shape index (κ1) is 17.7. The molecule has 2 aromatic rings. The van der Waals surface area contributed by atoms with Crippen molar-refractivity contribution in [2.75, 3.05) is 0 Å². The molecule has 0 bridgehead atoms. The first-order valence-electron chi connectivity index (χ1n) is 8.30. The van der Waals surface area contributed by atoms with Gasteiger partial charge >= 0.3 is 0 Å². The first-order chi connectivity index (χ1) is 11.7. The average molecular weight is 324 g/mol. The van der Waals surface area contributed by atoms with Gasteiger partial charge < -0.3 is 15.6 Å². The molecule has 3 rings (SSSR count). The van der Waals surface area contributed by atoms with Gasteiger partial charge in [-0.15, -0.1) is 0 Å². The van der Waals surface area contributed by atoms with Gasteiger partial charge in [0.2, 0.25) is 0 Å². The van der Waals surface area contributed by atoms with Gasteiger partial charge in [-0.3, -0.25) is 4.99 Å². The number of rotatable bonds is 3. The molecule has 24 heavy (non-hydrogen) atoms. The number of benzene rings is 2. The number of aliphatic imine (C=N–C) groups is 1. The molecule has 1 aliphatic carbocycles. The smallest absolute Gasteiger partial charge is 0.124 e. The van der Waals surface area contributed by atoms with E-state index in [2.05, 4.69) is 4.99 Å². The molecule has 1 aliphatic rings. The summed E-state index contributed by atoms with van der Waals surface area (Å²) in [5.74, 6) is 0.476. The Kier molecular flexibility index (Phi) is 7.02. The Bertz CT molecular complexity index is 677. The summed E-state index contributed by atoms with van der Waals surface area (Å²) in [6.07, 6.45) is 9.27. The van der Waals surface area contributed by atoms with Gasteiger partial charge in [-0.25, -0.2) is 0 Å². The molecule has 0 radical (unpaired) electrons. The Morgan fingerprint density at radius 1 is 0.833 bits per heavy atom. The monoisotopic (exact) mass is 324 g/mol. The maximum absolute atomic E-state index is 9.55. The molecule has 4 nitrogen and oxygen atoms in total. The number of phenolic OH excluding ortho intramolecular Hbond substituents is 2. The molecule has 1 saturated carbocycles. The Hall–Kier alpha value is -2.62. The molecule has 0 heterocycles. The highest BCUT2D eigenvalue weighted by atomic mass is 16.3. The zero-order valence-electron chi connectivity index (χ0n) is 13.7. The van der Waals surface area contributed by atoms with Crippen molar-refractivity contribution in [1.82, 2.24) is 0 Å². The molecule has 0 atom stereocenters. The second kappa shape index (κ2) is 9.50. The number of hydrogen-bond donors (Lipinski definition) is 3. The van der Waals surface area contributed by atoms with E-state index >= 15 is 0 Å². The van der Waals surface area contributed by atoms with Crippen LogP contribution in [0.15, 0.2) is 53.5 Å². The lowest BCUT2D eigenvalue weighted by molar-refractivity contribution is 0.444. The van der Waals surface area contributed by atoms with E-state index in [1.54, 1.807) is 30.3 Å². The van der Waals surface area contributed by atoms with Crippen LogP contribution >= 0.6 is 0 Å². The van der Waals surface area contributed by atoms with Crippen LogP contribution < -0.4 is 0 Å². The van der Waals surface area contributed by atoms with E-state index in [4.69, 9.17) is 10.5 Å². The summed E-state index contributed by atoms with van der Waals surface area (Å²) in [5, 5.41) is 25.3. The van der Waals surface area contributed by atoms with Crippen LogP contribution in [0.1, 0.15) is 43.2 Å². The number of para-hydroxylation sites is 2. The van der Waals surface area contributed by atoms with Crippen molar-refractivity contribution in [3.63, 3.8) is 0 Å². The lowest BCUT2D eigenvalue weighted by atomic mass is 9.96. The Balaban J connectivity index is 0.000000198. The lowest BCUT2D eigenvalue weighted by Crippen LogP contribution is -2.09. The van der Waals surface area contributed by atoms with Crippen LogP contribution in [-0.4, -0.2) is 28.7 Å². The molecule has 0 aromatic heterocycles. The molecule has 1 fully saturated rings. The summed E-state index contributed by atoms with van der Waals surface area (Å²) in [6, 6.07) is 14.5. The molecule has 4 heteroatoms. The van der Waals surface area contributed by atoms with Gasteiger partial charge in [0, 0.05) is 29.6 Å². The van der Waals surface area contributed by atoms with Crippen molar-refractivity contribution >= 4 is 12.4 Å². The lowest BCUT2D eigenvalue weighted by Gasteiger charge is -2.17. The van der Waals surface area contributed by atoms with Gasteiger partial charge in [0.25, 0.3) is 0 Å². The van der Waals surface area contributed by atoms with E-state index < -0.39 is 0 Å². The third-order valence-corrected chi connectivity index (χ3v) is 4.03. The molecular formula is C20H24N2O2. The van der Waals surface area contributed by atoms with Crippen LogP contribution in [-0.2, 0) is 0 Å². The van der Waals surface area contributed by atoms with Crippen LogP contribution in [0.3, 0.4) is 0 Å². The van der Waals surface area contributed by atoms with E-state index in [0.29, 0.717) is 17.4 Å².